The van der Waals surface area contributed by atoms with Crippen LogP contribution in [0.5, 0.6) is 11.5 Å². The molecule has 0 radical (unpaired) electrons. The Kier molecular flexibility index (Phi) is 3.74. The predicted molar refractivity (Wildman–Crippen MR) is 81.1 cm³/mol. The lowest BCUT2D eigenvalue weighted by Crippen LogP contribution is -2.12. The van der Waals surface area contributed by atoms with Gasteiger partial charge in [0.15, 0.2) is 11.5 Å². The molecular weight excluding hydrogens is 290 g/mol. The van der Waals surface area contributed by atoms with Gasteiger partial charge in [-0.1, -0.05) is 6.07 Å². The van der Waals surface area contributed by atoms with E-state index < -0.39 is 0 Å². The minimum atomic E-state index is -0.0338. The molecule has 1 amide bonds. The number of amides is 1. The molecule has 0 bridgehead atoms. The van der Waals surface area contributed by atoms with Crippen molar-refractivity contribution < 1.29 is 14.3 Å². The van der Waals surface area contributed by atoms with Gasteiger partial charge in [0, 0.05) is 5.56 Å². The van der Waals surface area contributed by atoms with E-state index in [-0.39, 0.29) is 11.2 Å². The molecule has 1 aromatic carbocycles. The highest BCUT2D eigenvalue weighted by Gasteiger charge is 2.26. The molecule has 0 unspecified atom stereocenters. The quantitative estimate of drug-likeness (QED) is 0.909. The maximum absolute atomic E-state index is 11.7. The van der Waals surface area contributed by atoms with Gasteiger partial charge in [-0.3, -0.25) is 9.89 Å². The Bertz CT molecular complexity index is 671. The Morgan fingerprint density at radius 1 is 1.29 bits per heavy atom. The molecule has 1 aliphatic rings. The molecule has 110 valence electrons. The second-order valence-corrected chi connectivity index (χ2v) is 5.65. The Morgan fingerprint density at radius 2 is 2.10 bits per heavy atom. The molecular formula is C14H15N3O3S. The SMILES string of the molecule is COc1ccc([C@@H]2SCC(=O)Nc3[nH]ncc32)cc1OC. The van der Waals surface area contributed by atoms with E-state index in [0.29, 0.717) is 23.1 Å². The Hall–Kier alpha value is -2.15. The summed E-state index contributed by atoms with van der Waals surface area (Å²) in [4.78, 5) is 11.7. The topological polar surface area (TPSA) is 76.2 Å². The largest absolute Gasteiger partial charge is 0.493 e. The van der Waals surface area contributed by atoms with Gasteiger partial charge >= 0.3 is 0 Å². The first-order chi connectivity index (χ1) is 10.2. The number of aromatic amines is 1. The van der Waals surface area contributed by atoms with E-state index in [1.807, 2.05) is 18.2 Å². The second kappa shape index (κ2) is 5.69. The van der Waals surface area contributed by atoms with Crippen LogP contribution in [0.1, 0.15) is 16.4 Å². The number of benzene rings is 1. The molecule has 21 heavy (non-hydrogen) atoms. The lowest BCUT2D eigenvalue weighted by Gasteiger charge is -2.16. The van der Waals surface area contributed by atoms with Crippen molar-refractivity contribution in [2.24, 2.45) is 0 Å². The molecule has 0 aliphatic carbocycles. The zero-order valence-electron chi connectivity index (χ0n) is 11.7. The number of aromatic nitrogens is 2. The first kappa shape index (κ1) is 13.8. The van der Waals surface area contributed by atoms with Crippen LogP contribution in [0.4, 0.5) is 5.82 Å². The zero-order valence-corrected chi connectivity index (χ0v) is 12.5. The number of nitrogens with one attached hydrogen (secondary N) is 2. The van der Waals surface area contributed by atoms with Gasteiger partial charge in [-0.15, -0.1) is 11.8 Å². The Labute approximate surface area is 126 Å². The van der Waals surface area contributed by atoms with Crippen LogP contribution in [-0.4, -0.2) is 36.1 Å². The van der Waals surface area contributed by atoms with Gasteiger partial charge in [-0.2, -0.15) is 5.10 Å². The molecule has 7 heteroatoms. The van der Waals surface area contributed by atoms with Crippen molar-refractivity contribution in [3.8, 4) is 11.5 Å². The van der Waals surface area contributed by atoms with E-state index in [1.165, 1.54) is 0 Å². The lowest BCUT2D eigenvalue weighted by atomic mass is 10.1. The monoisotopic (exact) mass is 305 g/mol. The number of H-pyrrole nitrogens is 1. The minimum absolute atomic E-state index is 0.0116. The Balaban J connectivity index is 2.02. The molecule has 1 aliphatic heterocycles. The number of anilines is 1. The summed E-state index contributed by atoms with van der Waals surface area (Å²) < 4.78 is 10.6. The zero-order chi connectivity index (χ0) is 14.8. The third kappa shape index (κ3) is 2.56. The summed E-state index contributed by atoms with van der Waals surface area (Å²) in [6.45, 7) is 0. The van der Waals surface area contributed by atoms with Gasteiger partial charge in [-0.25, -0.2) is 0 Å². The van der Waals surface area contributed by atoms with E-state index in [4.69, 9.17) is 9.47 Å². The summed E-state index contributed by atoms with van der Waals surface area (Å²) in [5.41, 5.74) is 2.00. The molecule has 2 N–H and O–H groups in total. The minimum Gasteiger partial charge on any atom is -0.493 e. The molecule has 2 heterocycles. The summed E-state index contributed by atoms with van der Waals surface area (Å²) >= 11 is 1.56. The van der Waals surface area contributed by atoms with Crippen molar-refractivity contribution in [2.45, 2.75) is 5.25 Å². The number of ether oxygens (including phenoxy) is 2. The van der Waals surface area contributed by atoms with Crippen LogP contribution < -0.4 is 14.8 Å². The van der Waals surface area contributed by atoms with E-state index >= 15 is 0 Å². The Morgan fingerprint density at radius 3 is 2.86 bits per heavy atom. The summed E-state index contributed by atoms with van der Waals surface area (Å²) in [6.07, 6.45) is 1.75. The number of carbonyl (C=O) groups excluding carboxylic acids is 1. The number of hydrogen-bond acceptors (Lipinski definition) is 5. The fraction of sp³-hybridized carbons (Fsp3) is 0.286. The van der Waals surface area contributed by atoms with Crippen molar-refractivity contribution in [1.29, 1.82) is 0 Å². The van der Waals surface area contributed by atoms with Crippen LogP contribution in [-0.2, 0) is 4.79 Å². The van der Waals surface area contributed by atoms with Crippen molar-refractivity contribution in [1.82, 2.24) is 10.2 Å². The highest BCUT2D eigenvalue weighted by molar-refractivity contribution is 8.00. The molecule has 0 saturated carbocycles. The molecule has 3 rings (SSSR count). The normalized spacial score (nSPS) is 17.6. The molecule has 6 nitrogen and oxygen atoms in total. The average Bonchev–Trinajstić information content (AvgIpc) is 2.89. The first-order valence-corrected chi connectivity index (χ1v) is 7.44. The smallest absolute Gasteiger partial charge is 0.235 e. The van der Waals surface area contributed by atoms with Crippen LogP contribution in [0.2, 0.25) is 0 Å². The standard InChI is InChI=1S/C14H15N3O3S/c1-19-10-4-3-8(5-11(10)20-2)13-9-6-15-17-14(9)16-12(18)7-21-13/h3-6,13H,7H2,1-2H3,(H2,15,16,17,18)/t13-/m0/s1. The van der Waals surface area contributed by atoms with Crippen LogP contribution in [0, 0.1) is 0 Å². The van der Waals surface area contributed by atoms with E-state index in [9.17, 15) is 4.79 Å². The predicted octanol–water partition coefficient (Wildman–Crippen LogP) is 2.20. The fourth-order valence-corrected chi connectivity index (χ4v) is 3.40. The van der Waals surface area contributed by atoms with Gasteiger partial charge in [0.2, 0.25) is 5.91 Å². The maximum atomic E-state index is 11.7. The van der Waals surface area contributed by atoms with Gasteiger partial charge in [0.1, 0.15) is 5.82 Å². The van der Waals surface area contributed by atoms with Gasteiger partial charge in [-0.05, 0) is 17.7 Å². The number of fused-ring (bicyclic) bond motifs is 1. The second-order valence-electron chi connectivity index (χ2n) is 4.55. The van der Waals surface area contributed by atoms with Gasteiger partial charge in [0.25, 0.3) is 0 Å². The van der Waals surface area contributed by atoms with Crippen LogP contribution in [0.25, 0.3) is 0 Å². The van der Waals surface area contributed by atoms with Crippen molar-refractivity contribution >= 4 is 23.5 Å². The molecule has 1 atom stereocenters. The highest BCUT2D eigenvalue weighted by Crippen LogP contribution is 2.42. The van der Waals surface area contributed by atoms with E-state index in [2.05, 4.69) is 15.5 Å². The molecule has 1 aromatic heterocycles. The summed E-state index contributed by atoms with van der Waals surface area (Å²) in [5, 5.41) is 9.68. The first-order valence-electron chi connectivity index (χ1n) is 6.39. The third-order valence-electron chi connectivity index (χ3n) is 3.31. The number of hydrogen-bond donors (Lipinski definition) is 2. The maximum Gasteiger partial charge on any atom is 0.235 e. The lowest BCUT2D eigenvalue weighted by molar-refractivity contribution is -0.113. The van der Waals surface area contributed by atoms with Crippen LogP contribution >= 0.6 is 11.8 Å². The fourth-order valence-electron chi connectivity index (χ4n) is 2.31. The molecule has 2 aromatic rings. The molecule has 0 spiro atoms. The number of nitrogens with zero attached hydrogens (tertiary/aromatic N) is 1. The number of thioether (sulfide) groups is 1. The van der Waals surface area contributed by atoms with Crippen molar-refractivity contribution in [3.63, 3.8) is 0 Å². The molecule has 0 fully saturated rings. The van der Waals surface area contributed by atoms with Gasteiger partial charge in [0.05, 0.1) is 31.4 Å². The average molecular weight is 305 g/mol. The summed E-state index contributed by atoms with van der Waals surface area (Å²) in [5.74, 6) is 2.37. The number of methoxy groups -OCH3 is 2. The van der Waals surface area contributed by atoms with Crippen LogP contribution in [0.3, 0.4) is 0 Å². The number of carbonyl (C=O) groups is 1. The van der Waals surface area contributed by atoms with Crippen LogP contribution in [0.15, 0.2) is 24.4 Å². The third-order valence-corrected chi connectivity index (χ3v) is 4.60. The summed E-state index contributed by atoms with van der Waals surface area (Å²) in [6, 6.07) is 5.78. The highest BCUT2D eigenvalue weighted by atomic mass is 32.2. The van der Waals surface area contributed by atoms with E-state index in [0.717, 1.165) is 11.1 Å². The van der Waals surface area contributed by atoms with Gasteiger partial charge < -0.3 is 14.8 Å². The number of rotatable bonds is 3. The van der Waals surface area contributed by atoms with Crippen molar-refractivity contribution in [2.75, 3.05) is 25.3 Å². The molecule has 0 saturated heterocycles. The van der Waals surface area contributed by atoms with E-state index in [1.54, 1.807) is 32.2 Å². The summed E-state index contributed by atoms with van der Waals surface area (Å²) in [7, 11) is 3.21. The van der Waals surface area contributed by atoms with Crippen molar-refractivity contribution in [3.05, 3.63) is 35.5 Å².